The summed E-state index contributed by atoms with van der Waals surface area (Å²) in [6.45, 7) is 4.12. The highest BCUT2D eigenvalue weighted by Crippen LogP contribution is 2.10. The Morgan fingerprint density at radius 2 is 1.76 bits per heavy atom. The third kappa shape index (κ3) is 4.75. The van der Waals surface area contributed by atoms with E-state index in [4.69, 9.17) is 5.73 Å². The highest BCUT2D eigenvalue weighted by Gasteiger charge is 2.17. The van der Waals surface area contributed by atoms with Crippen molar-refractivity contribution < 1.29 is 4.79 Å². The van der Waals surface area contributed by atoms with E-state index in [0.29, 0.717) is 0 Å². The quantitative estimate of drug-likeness (QED) is 0.850. The lowest BCUT2D eigenvalue weighted by Crippen LogP contribution is -2.40. The molecule has 4 heteroatoms. The van der Waals surface area contributed by atoms with Crippen LogP contribution in [-0.4, -0.2) is 11.9 Å². The standard InChI is InChI=1S/C13H20N2O.ClH/c1-3-11(4-2)15-13(16)12(14)10-8-6-5-7-9-10;/h5-9,11-12H,3-4,14H2,1-2H3,(H,15,16);1H. The molecule has 0 spiro atoms. The number of halogens is 1. The van der Waals surface area contributed by atoms with Gasteiger partial charge in [-0.1, -0.05) is 44.2 Å². The first-order valence-corrected chi connectivity index (χ1v) is 5.79. The molecule has 0 saturated heterocycles. The fourth-order valence-corrected chi connectivity index (χ4v) is 1.60. The number of carbonyl (C=O) groups excluding carboxylic acids is 1. The number of hydrogen-bond acceptors (Lipinski definition) is 2. The lowest BCUT2D eigenvalue weighted by atomic mass is 10.1. The Hall–Kier alpha value is -1.06. The van der Waals surface area contributed by atoms with E-state index in [1.807, 2.05) is 30.3 Å². The first kappa shape index (κ1) is 15.9. The van der Waals surface area contributed by atoms with Gasteiger partial charge in [-0.3, -0.25) is 4.79 Å². The monoisotopic (exact) mass is 256 g/mol. The summed E-state index contributed by atoms with van der Waals surface area (Å²) >= 11 is 0. The third-order valence-electron chi connectivity index (χ3n) is 2.77. The van der Waals surface area contributed by atoms with E-state index in [2.05, 4.69) is 19.2 Å². The molecule has 3 N–H and O–H groups in total. The summed E-state index contributed by atoms with van der Waals surface area (Å²) in [4.78, 5) is 11.8. The van der Waals surface area contributed by atoms with Crippen molar-refractivity contribution in [2.24, 2.45) is 5.73 Å². The molecule has 0 saturated carbocycles. The molecule has 1 rings (SSSR count). The minimum atomic E-state index is -0.568. The van der Waals surface area contributed by atoms with Gasteiger partial charge in [-0.05, 0) is 18.4 Å². The second-order valence-electron chi connectivity index (χ2n) is 3.91. The van der Waals surface area contributed by atoms with Gasteiger partial charge in [0.15, 0.2) is 0 Å². The van der Waals surface area contributed by atoms with Crippen LogP contribution in [0.3, 0.4) is 0 Å². The molecule has 1 aromatic carbocycles. The summed E-state index contributed by atoms with van der Waals surface area (Å²) in [7, 11) is 0. The van der Waals surface area contributed by atoms with Gasteiger partial charge in [-0.15, -0.1) is 12.4 Å². The van der Waals surface area contributed by atoms with Gasteiger partial charge in [0, 0.05) is 6.04 Å². The van der Waals surface area contributed by atoms with E-state index in [0.717, 1.165) is 18.4 Å². The molecular formula is C13H21ClN2O. The first-order chi connectivity index (χ1) is 7.69. The van der Waals surface area contributed by atoms with E-state index in [-0.39, 0.29) is 24.4 Å². The van der Waals surface area contributed by atoms with Crippen molar-refractivity contribution in [2.45, 2.75) is 38.8 Å². The molecule has 0 heterocycles. The van der Waals surface area contributed by atoms with Crippen molar-refractivity contribution in [3.05, 3.63) is 35.9 Å². The van der Waals surface area contributed by atoms with Crippen LogP contribution >= 0.6 is 12.4 Å². The zero-order valence-corrected chi connectivity index (χ0v) is 11.2. The minimum Gasteiger partial charge on any atom is -0.352 e. The number of benzene rings is 1. The zero-order chi connectivity index (χ0) is 12.0. The predicted molar refractivity (Wildman–Crippen MR) is 73.1 cm³/mol. The van der Waals surface area contributed by atoms with Crippen molar-refractivity contribution >= 4 is 18.3 Å². The Balaban J connectivity index is 0.00000256. The van der Waals surface area contributed by atoms with Crippen molar-refractivity contribution in [1.82, 2.24) is 5.32 Å². The maximum atomic E-state index is 11.8. The molecular weight excluding hydrogens is 236 g/mol. The Morgan fingerprint density at radius 3 is 2.24 bits per heavy atom. The lowest BCUT2D eigenvalue weighted by molar-refractivity contribution is -0.123. The minimum absolute atomic E-state index is 0. The van der Waals surface area contributed by atoms with Crippen LogP contribution in [0.2, 0.25) is 0 Å². The molecule has 0 aliphatic carbocycles. The molecule has 0 aromatic heterocycles. The molecule has 1 atom stereocenters. The summed E-state index contributed by atoms with van der Waals surface area (Å²) < 4.78 is 0. The van der Waals surface area contributed by atoms with Gasteiger partial charge < -0.3 is 11.1 Å². The SMILES string of the molecule is CCC(CC)NC(=O)C(N)c1ccccc1.Cl. The molecule has 0 radical (unpaired) electrons. The van der Waals surface area contributed by atoms with Gasteiger partial charge in [0.1, 0.15) is 6.04 Å². The van der Waals surface area contributed by atoms with Crippen LogP contribution < -0.4 is 11.1 Å². The van der Waals surface area contributed by atoms with E-state index >= 15 is 0 Å². The van der Waals surface area contributed by atoms with Gasteiger partial charge in [0.25, 0.3) is 0 Å². The maximum Gasteiger partial charge on any atom is 0.241 e. The topological polar surface area (TPSA) is 55.1 Å². The molecule has 0 fully saturated rings. The van der Waals surface area contributed by atoms with Crippen LogP contribution in [-0.2, 0) is 4.79 Å². The number of amides is 1. The predicted octanol–water partition coefficient (Wildman–Crippen LogP) is 2.41. The molecule has 0 bridgehead atoms. The largest absolute Gasteiger partial charge is 0.352 e. The van der Waals surface area contributed by atoms with Crippen LogP contribution in [0.5, 0.6) is 0 Å². The van der Waals surface area contributed by atoms with Crippen LogP contribution in [0.25, 0.3) is 0 Å². The Kier molecular flexibility index (Phi) is 7.59. The van der Waals surface area contributed by atoms with E-state index in [1.165, 1.54) is 0 Å². The summed E-state index contributed by atoms with van der Waals surface area (Å²) in [5.74, 6) is -0.0973. The third-order valence-corrected chi connectivity index (χ3v) is 2.77. The second-order valence-corrected chi connectivity index (χ2v) is 3.91. The molecule has 1 unspecified atom stereocenters. The fourth-order valence-electron chi connectivity index (χ4n) is 1.60. The lowest BCUT2D eigenvalue weighted by Gasteiger charge is -2.18. The van der Waals surface area contributed by atoms with Crippen LogP contribution in [0, 0.1) is 0 Å². The zero-order valence-electron chi connectivity index (χ0n) is 10.3. The van der Waals surface area contributed by atoms with E-state index in [9.17, 15) is 4.79 Å². The van der Waals surface area contributed by atoms with E-state index in [1.54, 1.807) is 0 Å². The van der Waals surface area contributed by atoms with Crippen molar-refractivity contribution in [1.29, 1.82) is 0 Å². The van der Waals surface area contributed by atoms with Gasteiger partial charge in [-0.25, -0.2) is 0 Å². The molecule has 1 aromatic rings. The van der Waals surface area contributed by atoms with Crippen LogP contribution in [0.15, 0.2) is 30.3 Å². The summed E-state index contributed by atoms with van der Waals surface area (Å²) in [6, 6.07) is 9.09. The highest BCUT2D eigenvalue weighted by molar-refractivity contribution is 5.85. The number of rotatable bonds is 5. The van der Waals surface area contributed by atoms with Gasteiger partial charge in [-0.2, -0.15) is 0 Å². The molecule has 96 valence electrons. The Morgan fingerprint density at radius 1 is 1.24 bits per heavy atom. The summed E-state index contributed by atoms with van der Waals surface area (Å²) in [5.41, 5.74) is 6.74. The van der Waals surface area contributed by atoms with Crippen LogP contribution in [0.1, 0.15) is 38.3 Å². The summed E-state index contributed by atoms with van der Waals surface area (Å²) in [5, 5.41) is 2.95. The molecule has 1 amide bonds. The Bertz CT molecular complexity index is 325. The molecule has 17 heavy (non-hydrogen) atoms. The normalized spacial score (nSPS) is 11.8. The number of nitrogens with two attached hydrogens (primary N) is 1. The average molecular weight is 257 g/mol. The number of hydrogen-bond donors (Lipinski definition) is 2. The van der Waals surface area contributed by atoms with Gasteiger partial charge in [0.05, 0.1) is 0 Å². The number of nitrogens with one attached hydrogen (secondary N) is 1. The number of carbonyl (C=O) groups is 1. The van der Waals surface area contributed by atoms with Crippen LogP contribution in [0.4, 0.5) is 0 Å². The molecule has 0 aliphatic heterocycles. The second kappa shape index (κ2) is 8.09. The Labute approximate surface area is 109 Å². The van der Waals surface area contributed by atoms with E-state index < -0.39 is 6.04 Å². The maximum absolute atomic E-state index is 11.8. The fraction of sp³-hybridized carbons (Fsp3) is 0.462. The highest BCUT2D eigenvalue weighted by atomic mass is 35.5. The van der Waals surface area contributed by atoms with Crippen molar-refractivity contribution in [3.63, 3.8) is 0 Å². The smallest absolute Gasteiger partial charge is 0.241 e. The van der Waals surface area contributed by atoms with Gasteiger partial charge >= 0.3 is 0 Å². The molecule has 0 aliphatic rings. The average Bonchev–Trinajstić information content (AvgIpc) is 2.35. The molecule has 3 nitrogen and oxygen atoms in total. The van der Waals surface area contributed by atoms with Crippen molar-refractivity contribution in [2.75, 3.05) is 0 Å². The summed E-state index contributed by atoms with van der Waals surface area (Å²) in [6.07, 6.45) is 1.87. The van der Waals surface area contributed by atoms with Crippen molar-refractivity contribution in [3.8, 4) is 0 Å². The first-order valence-electron chi connectivity index (χ1n) is 5.79. The van der Waals surface area contributed by atoms with Gasteiger partial charge in [0.2, 0.25) is 5.91 Å².